The monoisotopic (exact) mass is 426 g/mol. The molecule has 4 atom stereocenters. The Morgan fingerprint density at radius 1 is 1.17 bits per heavy atom. The van der Waals surface area contributed by atoms with Gasteiger partial charge in [0.2, 0.25) is 5.91 Å². The molecule has 1 saturated carbocycles. The number of carbonyl (C=O) groups excluding carboxylic acids is 1. The molecule has 4 rings (SSSR count). The first kappa shape index (κ1) is 23.5. The van der Waals surface area contributed by atoms with Crippen LogP contribution in [0.15, 0.2) is 0 Å². The zero-order valence-electron chi connectivity index (χ0n) is 18.2. The summed E-state index contributed by atoms with van der Waals surface area (Å²) in [5.41, 5.74) is 0.0441. The van der Waals surface area contributed by atoms with E-state index in [4.69, 9.17) is 14.6 Å². The van der Waals surface area contributed by atoms with Gasteiger partial charge < -0.3 is 20.1 Å². The average Bonchev–Trinajstić information content (AvgIpc) is 3.30. The maximum absolute atomic E-state index is 12.7. The molecule has 172 valence electrons. The van der Waals surface area contributed by atoms with Gasteiger partial charge >= 0.3 is 0 Å². The van der Waals surface area contributed by atoms with Crippen molar-refractivity contribution in [1.29, 1.82) is 0 Å². The first-order valence-corrected chi connectivity index (χ1v) is 11.9. The topological polar surface area (TPSA) is 78.9 Å². The lowest BCUT2D eigenvalue weighted by Crippen LogP contribution is -2.43. The van der Waals surface area contributed by atoms with Crippen LogP contribution in [-0.2, 0) is 14.3 Å². The highest BCUT2D eigenvalue weighted by atomic mass is 19.1. The van der Waals surface area contributed by atoms with Gasteiger partial charge in [0.15, 0.2) is 0 Å². The largest absolute Gasteiger partial charge is 0.483 e. The molecule has 1 amide bonds. The van der Waals surface area contributed by atoms with E-state index in [9.17, 15) is 9.18 Å². The van der Waals surface area contributed by atoms with E-state index in [-0.39, 0.29) is 30.6 Å². The molecule has 6 nitrogen and oxygen atoms in total. The number of carbonyl (C=O) groups is 2. The first-order valence-electron chi connectivity index (χ1n) is 11.9. The molecular weight excluding hydrogens is 387 g/mol. The SMILES string of the molecule is O=C(NC[C@H]1[C@H]2CN(CCCCCF)C[C@]23CC[C@H]1O3)C1CCCCCC1.O=CO. The van der Waals surface area contributed by atoms with E-state index < -0.39 is 0 Å². The van der Waals surface area contributed by atoms with Crippen molar-refractivity contribution in [1.82, 2.24) is 10.2 Å². The predicted molar refractivity (Wildman–Crippen MR) is 113 cm³/mol. The van der Waals surface area contributed by atoms with Gasteiger partial charge in [-0.25, -0.2) is 0 Å². The van der Waals surface area contributed by atoms with Crippen LogP contribution in [0.3, 0.4) is 0 Å². The van der Waals surface area contributed by atoms with Crippen molar-refractivity contribution >= 4 is 12.4 Å². The van der Waals surface area contributed by atoms with Gasteiger partial charge in [-0.1, -0.05) is 25.7 Å². The summed E-state index contributed by atoms with van der Waals surface area (Å²) in [7, 11) is 0. The number of ether oxygens (including phenoxy) is 1. The fourth-order valence-corrected chi connectivity index (χ4v) is 6.24. The number of likely N-dealkylation sites (tertiary alicyclic amines) is 1. The molecule has 2 bridgehead atoms. The Labute approximate surface area is 179 Å². The van der Waals surface area contributed by atoms with E-state index in [1.165, 1.54) is 32.1 Å². The van der Waals surface area contributed by atoms with Crippen LogP contribution < -0.4 is 5.32 Å². The standard InChI is InChI=1S/C22H37FN2O2.CH2O2/c23-12-6-3-7-13-25-15-19-18(20-10-11-22(19,16-25)27-20)14-24-21(26)17-8-4-1-2-5-9-17;2-1-3/h17-20H,1-16H2,(H,24,26);1H,(H,2,3)/t18-,19+,20+,22+;/m0./s1. The number of amides is 1. The second-order valence-corrected chi connectivity index (χ2v) is 9.55. The minimum Gasteiger partial charge on any atom is -0.483 e. The zero-order valence-corrected chi connectivity index (χ0v) is 18.2. The van der Waals surface area contributed by atoms with Crippen LogP contribution in [0.5, 0.6) is 0 Å². The fourth-order valence-electron chi connectivity index (χ4n) is 6.24. The maximum atomic E-state index is 12.7. The third-order valence-electron chi connectivity index (χ3n) is 7.70. The average molecular weight is 427 g/mol. The minimum atomic E-state index is -0.250. The Kier molecular flexibility index (Phi) is 8.93. The molecule has 0 aromatic carbocycles. The van der Waals surface area contributed by atoms with E-state index in [1.54, 1.807) is 0 Å². The van der Waals surface area contributed by atoms with Gasteiger partial charge in [0.05, 0.1) is 18.4 Å². The minimum absolute atomic E-state index is 0.0441. The third-order valence-corrected chi connectivity index (χ3v) is 7.70. The van der Waals surface area contributed by atoms with Crippen molar-refractivity contribution in [3.8, 4) is 0 Å². The highest BCUT2D eigenvalue weighted by Gasteiger charge is 2.62. The lowest BCUT2D eigenvalue weighted by atomic mass is 9.73. The van der Waals surface area contributed by atoms with Crippen LogP contribution in [-0.4, -0.2) is 66.9 Å². The number of rotatable bonds is 8. The normalized spacial score (nSPS) is 33.4. The Morgan fingerprint density at radius 3 is 2.60 bits per heavy atom. The molecule has 3 aliphatic heterocycles. The number of nitrogens with zero attached hydrogens (tertiary/aromatic N) is 1. The van der Waals surface area contributed by atoms with Crippen LogP contribution >= 0.6 is 0 Å². The maximum Gasteiger partial charge on any atom is 0.290 e. The summed E-state index contributed by atoms with van der Waals surface area (Å²) in [6, 6.07) is 0. The quantitative estimate of drug-likeness (QED) is 0.353. The molecule has 4 fully saturated rings. The smallest absolute Gasteiger partial charge is 0.290 e. The summed E-state index contributed by atoms with van der Waals surface area (Å²) in [5.74, 6) is 1.56. The summed E-state index contributed by atoms with van der Waals surface area (Å²) >= 11 is 0. The second-order valence-electron chi connectivity index (χ2n) is 9.55. The third kappa shape index (κ3) is 5.52. The number of fused-ring (bicyclic) bond motifs is 1. The number of carboxylic acid groups (broad SMARTS) is 1. The molecule has 30 heavy (non-hydrogen) atoms. The van der Waals surface area contributed by atoms with Crippen molar-refractivity contribution in [3.63, 3.8) is 0 Å². The molecular formula is C23H39FN2O4. The van der Waals surface area contributed by atoms with Gasteiger partial charge in [0.1, 0.15) is 0 Å². The van der Waals surface area contributed by atoms with Crippen LogP contribution in [0.1, 0.15) is 70.6 Å². The summed E-state index contributed by atoms with van der Waals surface area (Å²) in [6.45, 7) is 3.54. The highest BCUT2D eigenvalue weighted by molar-refractivity contribution is 5.78. The fraction of sp³-hybridized carbons (Fsp3) is 0.913. The molecule has 3 heterocycles. The van der Waals surface area contributed by atoms with Crippen molar-refractivity contribution in [2.24, 2.45) is 17.8 Å². The lowest BCUT2D eigenvalue weighted by molar-refractivity contribution is -0.126. The number of unbranched alkanes of at least 4 members (excludes halogenated alkanes) is 2. The summed E-state index contributed by atoms with van der Waals surface area (Å²) in [4.78, 5) is 23.6. The lowest BCUT2D eigenvalue weighted by Gasteiger charge is -2.30. The van der Waals surface area contributed by atoms with E-state index in [0.717, 1.165) is 58.3 Å². The van der Waals surface area contributed by atoms with Gasteiger partial charge in [-0.15, -0.1) is 0 Å². The predicted octanol–water partition coefficient (Wildman–Crippen LogP) is 3.39. The van der Waals surface area contributed by atoms with Gasteiger partial charge in [0, 0.05) is 37.4 Å². The molecule has 3 saturated heterocycles. The Balaban J connectivity index is 0.000000806. The summed E-state index contributed by atoms with van der Waals surface area (Å²) < 4.78 is 18.8. The van der Waals surface area contributed by atoms with Gasteiger partial charge in [-0.2, -0.15) is 0 Å². The molecule has 4 aliphatic rings. The van der Waals surface area contributed by atoms with Crippen LogP contribution in [0.25, 0.3) is 0 Å². The summed E-state index contributed by atoms with van der Waals surface area (Å²) in [6.07, 6.45) is 12.5. The van der Waals surface area contributed by atoms with Crippen molar-refractivity contribution < 1.29 is 23.8 Å². The first-order chi connectivity index (χ1) is 14.6. The Hall–Kier alpha value is -1.21. The van der Waals surface area contributed by atoms with Crippen molar-refractivity contribution in [2.45, 2.75) is 82.3 Å². The molecule has 1 aliphatic carbocycles. The molecule has 0 unspecified atom stereocenters. The van der Waals surface area contributed by atoms with Gasteiger partial charge in [-0.3, -0.25) is 14.0 Å². The van der Waals surface area contributed by atoms with E-state index in [2.05, 4.69) is 10.2 Å². The molecule has 0 aromatic heterocycles. The zero-order chi connectivity index (χ0) is 21.4. The van der Waals surface area contributed by atoms with E-state index in [0.29, 0.717) is 24.4 Å². The van der Waals surface area contributed by atoms with Gasteiger partial charge in [-0.05, 0) is 51.5 Å². The number of hydrogen-bond acceptors (Lipinski definition) is 4. The van der Waals surface area contributed by atoms with Gasteiger partial charge in [0.25, 0.3) is 6.47 Å². The van der Waals surface area contributed by atoms with Crippen molar-refractivity contribution in [3.05, 3.63) is 0 Å². The van der Waals surface area contributed by atoms with E-state index in [1.807, 2.05) is 0 Å². The highest BCUT2D eigenvalue weighted by Crippen LogP contribution is 2.54. The number of hydrogen-bond donors (Lipinski definition) is 2. The molecule has 0 radical (unpaired) electrons. The van der Waals surface area contributed by atoms with E-state index >= 15 is 0 Å². The van der Waals surface area contributed by atoms with Crippen molar-refractivity contribution in [2.75, 3.05) is 32.9 Å². The number of halogens is 1. The van der Waals surface area contributed by atoms with Crippen LogP contribution in [0.4, 0.5) is 4.39 Å². The summed E-state index contributed by atoms with van der Waals surface area (Å²) in [5, 5.41) is 10.2. The Morgan fingerprint density at radius 2 is 1.90 bits per heavy atom. The molecule has 7 heteroatoms. The second kappa shape index (κ2) is 11.4. The van der Waals surface area contributed by atoms with Crippen LogP contribution in [0.2, 0.25) is 0 Å². The molecule has 0 aromatic rings. The molecule has 1 spiro atoms. The molecule has 2 N–H and O–H groups in total. The Bertz CT molecular complexity index is 555. The number of nitrogens with one attached hydrogen (secondary N) is 1. The number of alkyl halides is 1. The van der Waals surface area contributed by atoms with Crippen LogP contribution in [0, 0.1) is 17.8 Å².